The Kier molecular flexibility index (Phi) is 6.71. The molecule has 0 aliphatic rings. The minimum absolute atomic E-state index is 0.711. The summed E-state index contributed by atoms with van der Waals surface area (Å²) in [7, 11) is 0. The van der Waals surface area contributed by atoms with Crippen LogP contribution in [-0.2, 0) is 0 Å². The van der Waals surface area contributed by atoms with Crippen LogP contribution in [0.3, 0.4) is 0 Å². The van der Waals surface area contributed by atoms with E-state index in [4.69, 9.17) is 15.7 Å². The fraction of sp³-hybridized carbons (Fsp3) is 0. The lowest BCUT2D eigenvalue weighted by atomic mass is 10.0. The Morgan fingerprint density at radius 2 is 0.816 bits per heavy atom. The molecule has 0 radical (unpaired) electrons. The van der Waals surface area contributed by atoms with Gasteiger partial charge in [-0.15, -0.1) is 0 Å². The molecule has 6 rings (SSSR count). The Morgan fingerprint density at radius 1 is 0.421 bits per heavy atom. The largest absolute Gasteiger partial charge is 0.399 e. The van der Waals surface area contributed by atoms with Crippen molar-refractivity contribution in [3.05, 3.63) is 137 Å². The molecule has 0 bridgehead atoms. The van der Waals surface area contributed by atoms with Crippen LogP contribution in [0.5, 0.6) is 0 Å². The van der Waals surface area contributed by atoms with Crippen LogP contribution in [-0.4, -0.2) is 9.97 Å². The molecule has 0 fully saturated rings. The molecule has 0 spiro atoms. The Balaban J connectivity index is 1.39. The lowest BCUT2D eigenvalue weighted by molar-refractivity contribution is 1.18. The fourth-order valence-corrected chi connectivity index (χ4v) is 4.80. The molecule has 0 saturated carbocycles. The zero-order chi connectivity index (χ0) is 25.9. The number of nitrogen functional groups attached to an aromatic ring is 1. The number of rotatable bonds is 5. The van der Waals surface area contributed by atoms with Crippen molar-refractivity contribution in [2.75, 3.05) is 5.73 Å². The first-order chi connectivity index (χ1) is 18.6. The van der Waals surface area contributed by atoms with Crippen LogP contribution in [0.1, 0.15) is 0 Å². The van der Waals surface area contributed by atoms with E-state index in [0.717, 1.165) is 44.9 Å². The van der Waals surface area contributed by atoms with Crippen LogP contribution in [0.25, 0.3) is 56.2 Å². The normalized spacial score (nSPS) is 10.9. The van der Waals surface area contributed by atoms with E-state index in [2.05, 4.69) is 101 Å². The Hall–Kier alpha value is -4.29. The summed E-state index contributed by atoms with van der Waals surface area (Å²) in [6, 6.07) is 45.8. The maximum Gasteiger partial charge on any atom is 0.160 e. The average Bonchev–Trinajstić information content (AvgIpc) is 2.98. The molecular weight excluding hydrogens is 577 g/mol. The van der Waals surface area contributed by atoms with Gasteiger partial charge >= 0.3 is 0 Å². The van der Waals surface area contributed by atoms with E-state index in [1.807, 2.05) is 54.6 Å². The molecule has 182 valence electrons. The SMILES string of the molecule is Nc1ccc(-c2ccc(-c3cc(-c4ccc(-c5ccc(I)cc5)cc4)nc(-c4ccccc4)n3)cc2)cc1. The predicted molar refractivity (Wildman–Crippen MR) is 166 cm³/mol. The summed E-state index contributed by atoms with van der Waals surface area (Å²) in [4.78, 5) is 9.92. The molecule has 1 aromatic heterocycles. The lowest BCUT2D eigenvalue weighted by Gasteiger charge is -2.11. The predicted octanol–water partition coefficient (Wildman–Crippen LogP) is 9.00. The molecule has 2 N–H and O–H groups in total. The number of aromatic nitrogens is 2. The highest BCUT2D eigenvalue weighted by molar-refractivity contribution is 14.1. The van der Waals surface area contributed by atoms with Gasteiger partial charge in [0.15, 0.2) is 5.82 Å². The Morgan fingerprint density at radius 3 is 1.29 bits per heavy atom. The molecule has 0 unspecified atom stereocenters. The van der Waals surface area contributed by atoms with Crippen LogP contribution >= 0.6 is 22.6 Å². The minimum atomic E-state index is 0.711. The van der Waals surface area contributed by atoms with Crippen LogP contribution in [0.4, 0.5) is 5.69 Å². The molecule has 1 heterocycles. The van der Waals surface area contributed by atoms with Crippen molar-refractivity contribution in [1.29, 1.82) is 0 Å². The van der Waals surface area contributed by atoms with Crippen molar-refractivity contribution in [2.24, 2.45) is 0 Å². The maximum atomic E-state index is 5.86. The number of halogens is 1. The summed E-state index contributed by atoms with van der Waals surface area (Å²) in [5.74, 6) is 0.711. The first kappa shape index (κ1) is 24.1. The number of anilines is 1. The molecule has 6 aromatic rings. The zero-order valence-corrected chi connectivity index (χ0v) is 22.7. The number of hydrogen-bond donors (Lipinski definition) is 1. The second kappa shape index (κ2) is 10.6. The zero-order valence-electron chi connectivity index (χ0n) is 20.6. The molecule has 0 aliphatic heterocycles. The summed E-state index contributed by atoms with van der Waals surface area (Å²) in [5.41, 5.74) is 16.1. The van der Waals surface area contributed by atoms with E-state index in [1.165, 1.54) is 14.7 Å². The van der Waals surface area contributed by atoms with Crippen LogP contribution in [0.2, 0.25) is 0 Å². The van der Waals surface area contributed by atoms with Crippen LogP contribution < -0.4 is 5.73 Å². The standard InChI is InChI=1S/C34H24IN3/c35-30-18-14-25(15-19-30)23-6-10-27(11-7-23)32-22-33(38-34(37-32)29-4-2-1-3-5-29)28-12-8-24(9-13-28)26-16-20-31(36)21-17-26/h1-22H,36H2. The molecule has 0 saturated heterocycles. The van der Waals surface area contributed by atoms with Crippen LogP contribution in [0, 0.1) is 3.57 Å². The topological polar surface area (TPSA) is 51.8 Å². The number of nitrogens with two attached hydrogens (primary N) is 1. The van der Waals surface area contributed by atoms with Gasteiger partial charge in [0.25, 0.3) is 0 Å². The van der Waals surface area contributed by atoms with Gasteiger partial charge in [-0.25, -0.2) is 9.97 Å². The summed E-state index contributed by atoms with van der Waals surface area (Å²) in [6.07, 6.45) is 0. The Bertz CT molecular complexity index is 1570. The smallest absolute Gasteiger partial charge is 0.160 e. The quantitative estimate of drug-likeness (QED) is 0.159. The molecule has 0 aliphatic carbocycles. The van der Waals surface area contributed by atoms with Gasteiger partial charge in [-0.3, -0.25) is 0 Å². The van der Waals surface area contributed by atoms with E-state index in [0.29, 0.717) is 5.82 Å². The fourth-order valence-electron chi connectivity index (χ4n) is 4.44. The second-order valence-corrected chi connectivity index (χ2v) is 10.4. The van der Waals surface area contributed by atoms with Gasteiger partial charge in [0.05, 0.1) is 11.4 Å². The van der Waals surface area contributed by atoms with Gasteiger partial charge in [0.1, 0.15) is 0 Å². The van der Waals surface area contributed by atoms with Gasteiger partial charge in [-0.2, -0.15) is 0 Å². The highest BCUT2D eigenvalue weighted by Gasteiger charge is 2.11. The van der Waals surface area contributed by atoms with E-state index in [-0.39, 0.29) is 0 Å². The molecular formula is C34H24IN3. The van der Waals surface area contributed by atoms with E-state index < -0.39 is 0 Å². The first-order valence-corrected chi connectivity index (χ1v) is 13.5. The van der Waals surface area contributed by atoms with Gasteiger partial charge in [-0.05, 0) is 75.2 Å². The monoisotopic (exact) mass is 601 g/mol. The van der Waals surface area contributed by atoms with Gasteiger partial charge in [-0.1, -0.05) is 103 Å². The van der Waals surface area contributed by atoms with Crippen molar-refractivity contribution in [3.8, 4) is 56.2 Å². The summed E-state index contributed by atoms with van der Waals surface area (Å²) >= 11 is 2.33. The van der Waals surface area contributed by atoms with E-state index >= 15 is 0 Å². The van der Waals surface area contributed by atoms with Gasteiger partial charge < -0.3 is 5.73 Å². The van der Waals surface area contributed by atoms with Crippen molar-refractivity contribution in [3.63, 3.8) is 0 Å². The number of benzene rings is 5. The number of hydrogen-bond acceptors (Lipinski definition) is 3. The van der Waals surface area contributed by atoms with Crippen molar-refractivity contribution >= 4 is 28.3 Å². The van der Waals surface area contributed by atoms with Crippen molar-refractivity contribution in [1.82, 2.24) is 9.97 Å². The second-order valence-electron chi connectivity index (χ2n) is 9.11. The number of nitrogens with zero attached hydrogens (tertiary/aromatic N) is 2. The van der Waals surface area contributed by atoms with Gasteiger partial charge in [0.2, 0.25) is 0 Å². The van der Waals surface area contributed by atoms with Crippen LogP contribution in [0.15, 0.2) is 133 Å². The summed E-state index contributed by atoms with van der Waals surface area (Å²) in [6.45, 7) is 0. The molecule has 4 heteroatoms. The highest BCUT2D eigenvalue weighted by Crippen LogP contribution is 2.31. The van der Waals surface area contributed by atoms with E-state index in [9.17, 15) is 0 Å². The third-order valence-corrected chi connectivity index (χ3v) is 7.26. The molecule has 0 atom stereocenters. The Labute approximate surface area is 236 Å². The average molecular weight is 601 g/mol. The highest BCUT2D eigenvalue weighted by atomic mass is 127. The van der Waals surface area contributed by atoms with Crippen molar-refractivity contribution in [2.45, 2.75) is 0 Å². The summed E-state index contributed by atoms with van der Waals surface area (Å²) < 4.78 is 1.23. The first-order valence-electron chi connectivity index (χ1n) is 12.4. The summed E-state index contributed by atoms with van der Waals surface area (Å²) in [5, 5.41) is 0. The minimum Gasteiger partial charge on any atom is -0.399 e. The molecule has 38 heavy (non-hydrogen) atoms. The van der Waals surface area contributed by atoms with E-state index in [1.54, 1.807) is 0 Å². The molecule has 5 aromatic carbocycles. The molecule has 0 amide bonds. The van der Waals surface area contributed by atoms with Crippen molar-refractivity contribution < 1.29 is 0 Å². The lowest BCUT2D eigenvalue weighted by Crippen LogP contribution is -1.96. The third-order valence-electron chi connectivity index (χ3n) is 6.54. The third kappa shape index (κ3) is 5.22. The molecule has 3 nitrogen and oxygen atoms in total. The maximum absolute atomic E-state index is 5.86. The van der Waals surface area contributed by atoms with Gasteiger partial charge in [0, 0.05) is 25.9 Å².